The second-order valence-corrected chi connectivity index (χ2v) is 7.19. The van der Waals surface area contributed by atoms with Gasteiger partial charge in [-0.05, 0) is 13.3 Å². The van der Waals surface area contributed by atoms with E-state index in [2.05, 4.69) is 26.9 Å². The Morgan fingerprint density at radius 1 is 1.30 bits per heavy atom. The maximum Gasteiger partial charge on any atom is 0.316 e. The summed E-state index contributed by atoms with van der Waals surface area (Å²) in [5, 5.41) is 8.88. The Bertz CT molecular complexity index is 916. The zero-order valence-electron chi connectivity index (χ0n) is 17.0. The summed E-state index contributed by atoms with van der Waals surface area (Å²) in [4.78, 5) is 27.9. The molecular formula is C21H25FN4O4. The lowest BCUT2D eigenvalue weighted by atomic mass is 9.96. The van der Waals surface area contributed by atoms with E-state index >= 15 is 0 Å². The van der Waals surface area contributed by atoms with E-state index in [9.17, 15) is 14.0 Å². The summed E-state index contributed by atoms with van der Waals surface area (Å²) in [6, 6.07) is 0. The van der Waals surface area contributed by atoms with Crippen LogP contribution in [0.1, 0.15) is 43.2 Å². The standard InChI is InChI=1S/C21H25FN4O4/c1-13-7-8-17(14(2)11-13)29-12-18(27)23-9-10-24-20(28)21-25-19(26-30-21)15-5-3-4-6-16(15)22/h3,5,7-8,11,14,17H,4,6,9-10,12H2,1-2H3,(H,23,27)(H,24,28). The Morgan fingerprint density at radius 3 is 2.87 bits per heavy atom. The normalized spacial score (nSPS) is 20.8. The predicted molar refractivity (Wildman–Crippen MR) is 108 cm³/mol. The molecule has 2 N–H and O–H groups in total. The maximum atomic E-state index is 13.8. The van der Waals surface area contributed by atoms with Crippen LogP contribution in [0.4, 0.5) is 4.39 Å². The van der Waals surface area contributed by atoms with E-state index in [1.54, 1.807) is 6.08 Å². The highest BCUT2D eigenvalue weighted by atomic mass is 19.1. The third kappa shape index (κ3) is 5.73. The summed E-state index contributed by atoms with van der Waals surface area (Å²) < 4.78 is 24.4. The Labute approximate surface area is 173 Å². The number of allylic oxidation sites excluding steroid dienone is 6. The highest BCUT2D eigenvalue weighted by Gasteiger charge is 2.20. The molecule has 0 radical (unpaired) electrons. The van der Waals surface area contributed by atoms with Gasteiger partial charge in [0.1, 0.15) is 12.4 Å². The van der Waals surface area contributed by atoms with Crippen molar-refractivity contribution < 1.29 is 23.2 Å². The maximum absolute atomic E-state index is 13.8. The predicted octanol–water partition coefficient (Wildman–Crippen LogP) is 2.48. The smallest absolute Gasteiger partial charge is 0.316 e. The molecule has 30 heavy (non-hydrogen) atoms. The van der Waals surface area contributed by atoms with E-state index in [-0.39, 0.29) is 67.2 Å². The van der Waals surface area contributed by atoms with Crippen LogP contribution in [0.3, 0.4) is 0 Å². The fraction of sp³-hybridized carbons (Fsp3) is 0.429. The van der Waals surface area contributed by atoms with E-state index in [1.807, 2.05) is 32.1 Å². The number of aromatic nitrogens is 2. The number of halogens is 1. The van der Waals surface area contributed by atoms with Crippen molar-refractivity contribution in [3.8, 4) is 0 Å². The van der Waals surface area contributed by atoms with Crippen LogP contribution in [0.2, 0.25) is 0 Å². The molecule has 2 atom stereocenters. The molecule has 0 aliphatic heterocycles. The average Bonchev–Trinajstić information content (AvgIpc) is 3.21. The van der Waals surface area contributed by atoms with Crippen molar-refractivity contribution in [1.29, 1.82) is 0 Å². The van der Waals surface area contributed by atoms with Crippen LogP contribution in [0, 0.1) is 5.92 Å². The fourth-order valence-electron chi connectivity index (χ4n) is 3.13. The van der Waals surface area contributed by atoms with Crippen molar-refractivity contribution in [1.82, 2.24) is 20.8 Å². The molecule has 1 aromatic heterocycles. The van der Waals surface area contributed by atoms with E-state index in [1.165, 1.54) is 5.57 Å². The van der Waals surface area contributed by atoms with Crippen molar-refractivity contribution in [3.63, 3.8) is 0 Å². The Balaban J connectivity index is 1.36. The number of carbonyl (C=O) groups excluding carboxylic acids is 2. The summed E-state index contributed by atoms with van der Waals surface area (Å²) in [5.74, 6) is -1.23. The quantitative estimate of drug-likeness (QED) is 0.631. The first-order valence-electron chi connectivity index (χ1n) is 9.86. The van der Waals surface area contributed by atoms with Gasteiger partial charge in [0.2, 0.25) is 11.7 Å². The molecule has 2 amide bonds. The fourth-order valence-corrected chi connectivity index (χ4v) is 3.13. The summed E-state index contributed by atoms with van der Waals surface area (Å²) in [6.07, 6.45) is 10.1. The SMILES string of the molecule is CC1=CC(C)C(OCC(=O)NCCNC(=O)c2nc(C3=C(F)CCC=C3)no2)C=C1. The molecule has 0 bridgehead atoms. The van der Waals surface area contributed by atoms with Gasteiger partial charge in [0.05, 0.1) is 11.7 Å². The van der Waals surface area contributed by atoms with Crippen LogP contribution < -0.4 is 10.6 Å². The molecule has 0 fully saturated rings. The molecule has 1 heterocycles. The van der Waals surface area contributed by atoms with Crippen molar-refractivity contribution in [2.75, 3.05) is 19.7 Å². The van der Waals surface area contributed by atoms with Gasteiger partial charge in [0, 0.05) is 25.4 Å². The molecule has 1 aromatic rings. The van der Waals surface area contributed by atoms with Gasteiger partial charge in [-0.3, -0.25) is 9.59 Å². The molecule has 0 saturated heterocycles. The second-order valence-electron chi connectivity index (χ2n) is 7.19. The molecule has 2 aliphatic rings. The molecule has 160 valence electrons. The van der Waals surface area contributed by atoms with Crippen molar-refractivity contribution in [2.45, 2.75) is 32.8 Å². The number of hydrogen-bond acceptors (Lipinski definition) is 6. The minimum Gasteiger partial charge on any atom is -0.364 e. The summed E-state index contributed by atoms with van der Waals surface area (Å²) in [6.45, 7) is 4.36. The molecule has 2 unspecified atom stereocenters. The summed E-state index contributed by atoms with van der Waals surface area (Å²) in [5.41, 5.74) is 1.40. The minimum absolute atomic E-state index is 0.0371. The monoisotopic (exact) mass is 416 g/mol. The number of nitrogens with zero attached hydrogens (tertiary/aromatic N) is 2. The minimum atomic E-state index is -0.594. The van der Waals surface area contributed by atoms with Crippen LogP contribution >= 0.6 is 0 Å². The zero-order valence-corrected chi connectivity index (χ0v) is 17.0. The Morgan fingerprint density at radius 2 is 2.10 bits per heavy atom. The highest BCUT2D eigenvalue weighted by molar-refractivity contribution is 5.90. The number of amides is 2. The van der Waals surface area contributed by atoms with Crippen LogP contribution in [0.5, 0.6) is 0 Å². The molecule has 0 aromatic carbocycles. The molecule has 2 aliphatic carbocycles. The van der Waals surface area contributed by atoms with Gasteiger partial charge < -0.3 is 19.9 Å². The van der Waals surface area contributed by atoms with Gasteiger partial charge >= 0.3 is 11.8 Å². The molecular weight excluding hydrogens is 391 g/mol. The largest absolute Gasteiger partial charge is 0.364 e. The van der Waals surface area contributed by atoms with Gasteiger partial charge in [-0.25, -0.2) is 4.39 Å². The van der Waals surface area contributed by atoms with Gasteiger partial charge in [0.25, 0.3) is 0 Å². The first-order valence-corrected chi connectivity index (χ1v) is 9.86. The summed E-state index contributed by atoms with van der Waals surface area (Å²) in [7, 11) is 0. The van der Waals surface area contributed by atoms with Crippen molar-refractivity contribution in [3.05, 3.63) is 53.5 Å². The van der Waals surface area contributed by atoms with Gasteiger partial charge in [-0.2, -0.15) is 4.98 Å². The molecule has 0 saturated carbocycles. The number of carbonyl (C=O) groups is 2. The van der Waals surface area contributed by atoms with Crippen molar-refractivity contribution in [2.24, 2.45) is 5.92 Å². The van der Waals surface area contributed by atoms with Crippen molar-refractivity contribution >= 4 is 17.4 Å². The second kappa shape index (κ2) is 10.1. The third-order valence-corrected chi connectivity index (χ3v) is 4.70. The van der Waals surface area contributed by atoms with E-state index in [0.717, 1.165) is 0 Å². The van der Waals surface area contributed by atoms with Gasteiger partial charge in [-0.1, -0.05) is 48.0 Å². The highest BCUT2D eigenvalue weighted by Crippen LogP contribution is 2.26. The lowest BCUT2D eigenvalue weighted by Gasteiger charge is -2.22. The van der Waals surface area contributed by atoms with Gasteiger partial charge in [-0.15, -0.1) is 0 Å². The lowest BCUT2D eigenvalue weighted by molar-refractivity contribution is -0.127. The molecule has 3 rings (SSSR count). The number of ether oxygens (including phenoxy) is 1. The summed E-state index contributed by atoms with van der Waals surface area (Å²) >= 11 is 0. The molecule has 0 spiro atoms. The van der Waals surface area contributed by atoms with E-state index < -0.39 is 5.91 Å². The first-order chi connectivity index (χ1) is 14.4. The zero-order chi connectivity index (χ0) is 21.5. The van der Waals surface area contributed by atoms with Crippen LogP contribution in [0.25, 0.3) is 5.57 Å². The average molecular weight is 416 g/mol. The van der Waals surface area contributed by atoms with Crippen LogP contribution in [-0.2, 0) is 9.53 Å². The molecule has 9 heteroatoms. The van der Waals surface area contributed by atoms with Crippen LogP contribution in [-0.4, -0.2) is 47.8 Å². The van der Waals surface area contributed by atoms with Crippen LogP contribution in [0.15, 0.2) is 46.3 Å². The first kappa shape index (κ1) is 21.6. The topological polar surface area (TPSA) is 106 Å². The lowest BCUT2D eigenvalue weighted by Crippen LogP contribution is -2.37. The number of nitrogens with one attached hydrogen (secondary N) is 2. The Kier molecular flexibility index (Phi) is 7.29. The van der Waals surface area contributed by atoms with Gasteiger partial charge in [0.15, 0.2) is 0 Å². The number of rotatable bonds is 8. The molecule has 8 nitrogen and oxygen atoms in total. The number of hydrogen-bond donors (Lipinski definition) is 2. The van der Waals surface area contributed by atoms with E-state index in [4.69, 9.17) is 9.26 Å². The van der Waals surface area contributed by atoms with E-state index in [0.29, 0.717) is 6.42 Å². The Hall–Kier alpha value is -3.07. The third-order valence-electron chi connectivity index (χ3n) is 4.70.